The summed E-state index contributed by atoms with van der Waals surface area (Å²) in [7, 11) is -2.59. The number of carbonyl (C=O) groups is 1. The molecule has 7 aromatic carbocycles. The van der Waals surface area contributed by atoms with Crippen LogP contribution in [0.25, 0.3) is 0 Å². The van der Waals surface area contributed by atoms with Gasteiger partial charge in [-0.25, -0.2) is 4.79 Å². The highest BCUT2D eigenvalue weighted by atomic mass is 35.5. The quantitative estimate of drug-likeness (QED) is 0.103. The Balaban J connectivity index is 1.32. The molecule has 7 aromatic rings. The van der Waals surface area contributed by atoms with Gasteiger partial charge in [-0.15, -0.1) is 0 Å². The number of urea groups is 1. The second-order valence-corrected chi connectivity index (χ2v) is 16.5. The van der Waals surface area contributed by atoms with Crippen LogP contribution < -0.4 is 21.2 Å². The number of nitrogens with zero attached hydrogens (tertiary/aromatic N) is 4. The normalized spacial score (nSPS) is 10.9. The van der Waals surface area contributed by atoms with E-state index in [4.69, 9.17) is 27.9 Å². The molecule has 0 unspecified atom stereocenters. The van der Waals surface area contributed by atoms with Gasteiger partial charge in [-0.05, 0) is 71.8 Å². The number of hydrogen-bond donors (Lipinski definition) is 1. The Bertz CT molecular complexity index is 2390. The molecule has 55 heavy (non-hydrogen) atoms. The fraction of sp³-hybridized carbons (Fsp3) is 0.0435. The number of aliphatic imine (C=N–C) groups is 2. The first kappa shape index (κ1) is 37.3. The number of hydrogen-bond acceptors (Lipinski definition) is 4. The summed E-state index contributed by atoms with van der Waals surface area (Å²) in [6.45, 7) is 0.501. The third-order valence-electron chi connectivity index (χ3n) is 8.91. The van der Waals surface area contributed by atoms with Crippen LogP contribution in [0.1, 0.15) is 11.1 Å². The zero-order chi connectivity index (χ0) is 37.9. The van der Waals surface area contributed by atoms with E-state index < -0.39 is 7.05 Å². The molecule has 0 atom stereocenters. The molecule has 0 bridgehead atoms. The Labute approximate surface area is 331 Å². The molecule has 0 spiro atoms. The van der Waals surface area contributed by atoms with Crippen LogP contribution in [0.3, 0.4) is 0 Å². The standard InChI is InChI=1S/C46H36Cl2N5OP/c47-37-24-28-39(29-25-37)49-34-50-44-22-12-10-14-35(44)32-53(46(54)51-40-30-26-38(48)27-31-40)33-36-15-11-13-23-45(36)52-55(41-16-4-1-5-17-41,42-18-6-2-7-19-42)43-20-8-3-9-21-43/h1-31H,32-33H2,(H,51,54). The number of rotatable bonds is 11. The maximum atomic E-state index is 14.3. The number of halogens is 2. The number of nitrogens with one attached hydrogen (secondary N) is 1. The van der Waals surface area contributed by atoms with Crippen LogP contribution in [-0.2, 0) is 13.1 Å². The van der Waals surface area contributed by atoms with Crippen LogP contribution in [-0.4, -0.2) is 16.9 Å². The monoisotopic (exact) mass is 775 g/mol. The van der Waals surface area contributed by atoms with Crippen LogP contribution in [0.4, 0.5) is 27.5 Å². The maximum Gasteiger partial charge on any atom is 0.322 e. The van der Waals surface area contributed by atoms with Crippen molar-refractivity contribution < 1.29 is 4.79 Å². The first-order chi connectivity index (χ1) is 27.0. The SMILES string of the molecule is O=C(Nc1ccc(Cl)cc1)N(Cc1ccccc1N=C=Nc1ccc(Cl)cc1)Cc1ccccc1N=P(c1ccccc1)(c1ccccc1)c1ccccc1. The molecule has 0 aliphatic carbocycles. The minimum Gasteiger partial charge on any atom is -0.316 e. The summed E-state index contributed by atoms with van der Waals surface area (Å²) < 4.78 is 5.80. The smallest absolute Gasteiger partial charge is 0.316 e. The van der Waals surface area contributed by atoms with Crippen LogP contribution in [0.5, 0.6) is 0 Å². The number of amides is 2. The van der Waals surface area contributed by atoms with E-state index in [1.54, 1.807) is 53.4 Å². The van der Waals surface area contributed by atoms with E-state index in [9.17, 15) is 4.79 Å². The van der Waals surface area contributed by atoms with E-state index in [1.807, 2.05) is 66.7 Å². The second kappa shape index (κ2) is 17.9. The molecule has 0 aliphatic heterocycles. The minimum atomic E-state index is -2.59. The van der Waals surface area contributed by atoms with Gasteiger partial charge in [0.15, 0.2) is 0 Å². The van der Waals surface area contributed by atoms with E-state index in [0.717, 1.165) is 32.7 Å². The van der Waals surface area contributed by atoms with Gasteiger partial charge in [-0.2, -0.15) is 9.98 Å². The molecule has 0 saturated heterocycles. The number of carbonyl (C=O) groups excluding carboxylic acids is 1. The number of para-hydroxylation sites is 1. The van der Waals surface area contributed by atoms with Crippen molar-refractivity contribution in [2.75, 3.05) is 5.32 Å². The van der Waals surface area contributed by atoms with Gasteiger partial charge in [0, 0.05) is 44.7 Å². The van der Waals surface area contributed by atoms with E-state index in [-0.39, 0.29) is 19.1 Å². The first-order valence-corrected chi connectivity index (χ1v) is 20.2. The molecule has 0 saturated carbocycles. The summed E-state index contributed by atoms with van der Waals surface area (Å²) in [6.07, 6.45) is 0. The van der Waals surface area contributed by atoms with Gasteiger partial charge in [-0.1, -0.05) is 151 Å². The third-order valence-corrected chi connectivity index (χ3v) is 13.1. The predicted molar refractivity (Wildman–Crippen MR) is 230 cm³/mol. The Morgan fingerprint density at radius 3 is 1.49 bits per heavy atom. The number of benzene rings is 7. The zero-order valence-electron chi connectivity index (χ0n) is 29.7. The largest absolute Gasteiger partial charge is 0.322 e. The van der Waals surface area contributed by atoms with Crippen molar-refractivity contribution in [3.8, 4) is 0 Å². The summed E-state index contributed by atoms with van der Waals surface area (Å²) in [5, 5.41) is 7.67. The molecule has 0 fully saturated rings. The van der Waals surface area contributed by atoms with Crippen molar-refractivity contribution in [3.05, 3.63) is 209 Å². The molecular weight excluding hydrogens is 740 g/mol. The van der Waals surface area contributed by atoms with E-state index in [1.165, 1.54) is 0 Å². The third kappa shape index (κ3) is 9.21. The molecule has 0 heterocycles. The van der Waals surface area contributed by atoms with E-state index >= 15 is 0 Å². The molecule has 6 nitrogen and oxygen atoms in total. The zero-order valence-corrected chi connectivity index (χ0v) is 32.1. The fourth-order valence-electron chi connectivity index (χ4n) is 6.21. The average Bonchev–Trinajstić information content (AvgIpc) is 3.23. The predicted octanol–water partition coefficient (Wildman–Crippen LogP) is 12.2. The lowest BCUT2D eigenvalue weighted by molar-refractivity contribution is 0.206. The Hall–Kier alpha value is -6.00. The van der Waals surface area contributed by atoms with Gasteiger partial charge >= 0.3 is 6.03 Å². The van der Waals surface area contributed by atoms with Crippen LogP contribution in [0.2, 0.25) is 10.0 Å². The topological polar surface area (TPSA) is 69.4 Å². The molecule has 7 rings (SSSR count). The molecule has 2 amide bonds. The molecular formula is C46H36Cl2N5OP. The fourth-order valence-corrected chi connectivity index (χ4v) is 10.0. The minimum absolute atomic E-state index is 0.242. The van der Waals surface area contributed by atoms with Crippen LogP contribution >= 0.6 is 30.3 Å². The van der Waals surface area contributed by atoms with Crippen molar-refractivity contribution in [2.45, 2.75) is 13.1 Å². The van der Waals surface area contributed by atoms with Gasteiger partial charge in [0.2, 0.25) is 0 Å². The van der Waals surface area contributed by atoms with Crippen LogP contribution in [0.15, 0.2) is 203 Å². The lowest BCUT2D eigenvalue weighted by Crippen LogP contribution is -2.34. The highest BCUT2D eigenvalue weighted by Crippen LogP contribution is 2.50. The van der Waals surface area contributed by atoms with Gasteiger partial charge in [-0.3, -0.25) is 4.74 Å². The molecule has 1 N–H and O–H groups in total. The number of anilines is 1. The Morgan fingerprint density at radius 1 is 0.527 bits per heavy atom. The van der Waals surface area contributed by atoms with Crippen LogP contribution in [0, 0.1) is 0 Å². The lowest BCUT2D eigenvalue weighted by Gasteiger charge is -2.28. The lowest BCUT2D eigenvalue weighted by atomic mass is 10.1. The average molecular weight is 777 g/mol. The summed E-state index contributed by atoms with van der Waals surface area (Å²) in [4.78, 5) is 25.0. The van der Waals surface area contributed by atoms with Gasteiger partial charge < -0.3 is 10.2 Å². The summed E-state index contributed by atoms with van der Waals surface area (Å²) in [5.41, 5.74) is 4.46. The van der Waals surface area contributed by atoms with Crippen molar-refractivity contribution in [3.63, 3.8) is 0 Å². The van der Waals surface area contributed by atoms with E-state index in [0.29, 0.717) is 27.1 Å². The van der Waals surface area contributed by atoms with Gasteiger partial charge in [0.05, 0.1) is 24.1 Å². The highest BCUT2D eigenvalue weighted by molar-refractivity contribution is 7.87. The summed E-state index contributed by atoms with van der Waals surface area (Å²) in [6, 6.07) is 64.0. The van der Waals surface area contributed by atoms with E-state index in [2.05, 4.69) is 94.1 Å². The van der Waals surface area contributed by atoms with Gasteiger partial charge in [0.1, 0.15) is 6.01 Å². The Kier molecular flexibility index (Phi) is 12.1. The molecule has 0 aliphatic rings. The van der Waals surface area contributed by atoms with Crippen molar-refractivity contribution >= 4 is 81.0 Å². The molecule has 0 aromatic heterocycles. The molecule has 270 valence electrons. The van der Waals surface area contributed by atoms with Crippen molar-refractivity contribution in [1.29, 1.82) is 0 Å². The van der Waals surface area contributed by atoms with Crippen molar-refractivity contribution in [1.82, 2.24) is 4.90 Å². The first-order valence-electron chi connectivity index (χ1n) is 17.7. The summed E-state index contributed by atoms with van der Waals surface area (Å²) >= 11 is 12.2. The summed E-state index contributed by atoms with van der Waals surface area (Å²) in [5.74, 6) is 0. The van der Waals surface area contributed by atoms with Gasteiger partial charge in [0.25, 0.3) is 0 Å². The maximum absolute atomic E-state index is 14.3. The van der Waals surface area contributed by atoms with Crippen molar-refractivity contribution in [2.24, 2.45) is 14.7 Å². The highest BCUT2D eigenvalue weighted by Gasteiger charge is 2.28. The Morgan fingerprint density at radius 2 is 0.964 bits per heavy atom. The second-order valence-electron chi connectivity index (χ2n) is 12.6. The molecule has 9 heteroatoms. The molecule has 0 radical (unpaired) electrons.